The first kappa shape index (κ1) is 24.4. The van der Waals surface area contributed by atoms with E-state index in [4.69, 9.17) is 5.11 Å². The molecule has 1 N–H and O–H groups in total. The highest BCUT2D eigenvalue weighted by atomic mass is 16.4. The van der Waals surface area contributed by atoms with Crippen molar-refractivity contribution in [2.45, 2.75) is 65.7 Å². The Morgan fingerprint density at radius 3 is 2.24 bits per heavy atom. The number of carboxylic acids is 1. The highest BCUT2D eigenvalue weighted by molar-refractivity contribution is 5.81. The lowest BCUT2D eigenvalue weighted by molar-refractivity contribution is -0.131. The molecule has 0 spiro atoms. The van der Waals surface area contributed by atoms with Crippen molar-refractivity contribution < 1.29 is 9.90 Å². The van der Waals surface area contributed by atoms with E-state index >= 15 is 0 Å². The Hall–Kier alpha value is -2.61. The lowest BCUT2D eigenvalue weighted by Gasteiger charge is -2.01. The van der Waals surface area contributed by atoms with E-state index in [1.807, 2.05) is 19.1 Å². The van der Waals surface area contributed by atoms with E-state index in [1.165, 1.54) is 55.7 Å². The minimum atomic E-state index is -0.922. The Kier molecular flexibility index (Phi) is 12.9. The topological polar surface area (TPSA) is 37.3 Å². The maximum Gasteiger partial charge on any atom is 0.328 e. The predicted octanol–water partition coefficient (Wildman–Crippen LogP) is 8.00. The molecule has 156 valence electrons. The molecule has 0 atom stereocenters. The summed E-state index contributed by atoms with van der Waals surface area (Å²) >= 11 is 0. The molecular formula is C27H36O2. The van der Waals surface area contributed by atoms with E-state index in [0.717, 1.165) is 12.0 Å². The standard InChI is InChI=1S/C27H36O2/c1-4-5-6-7-8-9-10-11-17-25-18-12-13-19-26(25)21-20-23(2)15-14-16-24(3)22-27(28)29/h11-22H,4-10H2,1-3H3,(H,28,29)/b16-14+,17-11+,21-20+,23-15+,24-22+. The van der Waals surface area contributed by atoms with Gasteiger partial charge in [0.2, 0.25) is 0 Å². The molecule has 0 aliphatic rings. The fourth-order valence-corrected chi connectivity index (χ4v) is 2.94. The Morgan fingerprint density at radius 2 is 1.55 bits per heavy atom. The molecule has 0 fully saturated rings. The molecule has 0 amide bonds. The summed E-state index contributed by atoms with van der Waals surface area (Å²) in [5.41, 5.74) is 4.25. The minimum Gasteiger partial charge on any atom is -0.478 e. The third-order valence-corrected chi connectivity index (χ3v) is 4.61. The average Bonchev–Trinajstić information content (AvgIpc) is 2.68. The Labute approximate surface area is 177 Å². The van der Waals surface area contributed by atoms with E-state index < -0.39 is 5.97 Å². The second kappa shape index (κ2) is 15.3. The number of rotatable bonds is 13. The van der Waals surface area contributed by atoms with Crippen molar-refractivity contribution in [1.29, 1.82) is 0 Å². The molecule has 1 rings (SSSR count). The molecule has 2 nitrogen and oxygen atoms in total. The second-order valence-corrected chi connectivity index (χ2v) is 7.42. The van der Waals surface area contributed by atoms with Crippen LogP contribution in [0.5, 0.6) is 0 Å². The molecule has 0 bridgehead atoms. The van der Waals surface area contributed by atoms with Crippen molar-refractivity contribution in [3.05, 3.63) is 83.0 Å². The van der Waals surface area contributed by atoms with Crippen molar-refractivity contribution in [2.75, 3.05) is 0 Å². The fourth-order valence-electron chi connectivity index (χ4n) is 2.94. The zero-order valence-corrected chi connectivity index (χ0v) is 18.2. The van der Waals surface area contributed by atoms with Crippen LogP contribution < -0.4 is 0 Å². The summed E-state index contributed by atoms with van der Waals surface area (Å²) in [6.07, 6.45) is 24.7. The number of hydrogen-bond acceptors (Lipinski definition) is 1. The van der Waals surface area contributed by atoms with Gasteiger partial charge in [0.05, 0.1) is 0 Å². The van der Waals surface area contributed by atoms with Crippen LogP contribution in [0.1, 0.15) is 76.8 Å². The lowest BCUT2D eigenvalue weighted by Crippen LogP contribution is -1.87. The first-order valence-electron chi connectivity index (χ1n) is 10.7. The predicted molar refractivity (Wildman–Crippen MR) is 127 cm³/mol. The Bertz CT molecular complexity index is 760. The van der Waals surface area contributed by atoms with Gasteiger partial charge in [-0.25, -0.2) is 4.79 Å². The highest BCUT2D eigenvalue weighted by Gasteiger charge is 1.95. The summed E-state index contributed by atoms with van der Waals surface area (Å²) in [5, 5.41) is 8.72. The smallest absolute Gasteiger partial charge is 0.328 e. The van der Waals surface area contributed by atoms with Crippen LogP contribution in [-0.4, -0.2) is 11.1 Å². The molecule has 29 heavy (non-hydrogen) atoms. The van der Waals surface area contributed by atoms with Crippen molar-refractivity contribution in [1.82, 2.24) is 0 Å². The summed E-state index contributed by atoms with van der Waals surface area (Å²) in [6.45, 7) is 6.06. The van der Waals surface area contributed by atoms with Crippen LogP contribution in [-0.2, 0) is 4.79 Å². The van der Waals surface area contributed by atoms with Crippen LogP contribution in [0.15, 0.2) is 71.9 Å². The summed E-state index contributed by atoms with van der Waals surface area (Å²) in [4.78, 5) is 10.6. The molecular weight excluding hydrogens is 356 g/mol. The van der Waals surface area contributed by atoms with Crippen LogP contribution in [0.4, 0.5) is 0 Å². The zero-order valence-electron chi connectivity index (χ0n) is 18.2. The van der Waals surface area contributed by atoms with Gasteiger partial charge in [-0.3, -0.25) is 0 Å². The van der Waals surface area contributed by atoms with Gasteiger partial charge in [-0.05, 0) is 43.4 Å². The molecule has 2 heteroatoms. The van der Waals surface area contributed by atoms with Crippen LogP contribution in [0.25, 0.3) is 12.2 Å². The van der Waals surface area contributed by atoms with Gasteiger partial charge in [0, 0.05) is 6.08 Å². The Morgan fingerprint density at radius 1 is 0.897 bits per heavy atom. The summed E-state index contributed by atoms with van der Waals surface area (Å²) < 4.78 is 0. The number of carbonyl (C=O) groups is 1. The van der Waals surface area contributed by atoms with Gasteiger partial charge in [-0.1, -0.05) is 111 Å². The normalized spacial score (nSPS) is 13.2. The molecule has 0 radical (unpaired) electrons. The highest BCUT2D eigenvalue weighted by Crippen LogP contribution is 2.15. The number of benzene rings is 1. The summed E-state index contributed by atoms with van der Waals surface area (Å²) in [6, 6.07) is 8.41. The lowest BCUT2D eigenvalue weighted by atomic mass is 10.0. The van der Waals surface area contributed by atoms with E-state index in [9.17, 15) is 4.79 Å². The molecule has 0 aliphatic carbocycles. The molecule has 0 unspecified atom stereocenters. The zero-order chi connectivity index (χ0) is 21.3. The van der Waals surface area contributed by atoms with Crippen molar-refractivity contribution in [3.63, 3.8) is 0 Å². The number of allylic oxidation sites excluding steroid dienone is 7. The van der Waals surface area contributed by atoms with Gasteiger partial charge in [-0.2, -0.15) is 0 Å². The Balaban J connectivity index is 2.60. The van der Waals surface area contributed by atoms with Crippen molar-refractivity contribution in [3.8, 4) is 0 Å². The van der Waals surface area contributed by atoms with Crippen molar-refractivity contribution in [2.24, 2.45) is 0 Å². The molecule has 0 heterocycles. The van der Waals surface area contributed by atoms with Gasteiger partial charge in [0.15, 0.2) is 0 Å². The van der Waals surface area contributed by atoms with Gasteiger partial charge in [0.1, 0.15) is 0 Å². The maximum absolute atomic E-state index is 10.6. The third-order valence-electron chi connectivity index (χ3n) is 4.61. The molecule has 0 saturated carbocycles. The average molecular weight is 393 g/mol. The first-order chi connectivity index (χ1) is 14.0. The van der Waals surface area contributed by atoms with Crippen LogP contribution in [0, 0.1) is 0 Å². The number of carboxylic acid groups (broad SMARTS) is 1. The number of aliphatic carboxylic acids is 1. The van der Waals surface area contributed by atoms with Gasteiger partial charge < -0.3 is 5.11 Å². The third kappa shape index (κ3) is 12.5. The molecule has 0 aliphatic heterocycles. The molecule has 0 saturated heterocycles. The number of unbranched alkanes of at least 4 members (excludes halogenated alkanes) is 6. The SMILES string of the molecule is CCCCCCCC/C=C/c1ccccc1/C=C/C(C)=C/C=C/C(C)=C/C(=O)O. The van der Waals surface area contributed by atoms with Crippen molar-refractivity contribution >= 4 is 18.1 Å². The number of hydrogen-bond donors (Lipinski definition) is 1. The first-order valence-corrected chi connectivity index (χ1v) is 10.7. The van der Waals surface area contributed by atoms with E-state index in [0.29, 0.717) is 5.57 Å². The summed E-state index contributed by atoms with van der Waals surface area (Å²) in [7, 11) is 0. The van der Waals surface area contributed by atoms with Gasteiger partial charge >= 0.3 is 5.97 Å². The monoisotopic (exact) mass is 392 g/mol. The van der Waals surface area contributed by atoms with E-state index in [1.54, 1.807) is 13.0 Å². The van der Waals surface area contributed by atoms with Crippen LogP contribution in [0.3, 0.4) is 0 Å². The largest absolute Gasteiger partial charge is 0.478 e. The van der Waals surface area contributed by atoms with Gasteiger partial charge in [0.25, 0.3) is 0 Å². The van der Waals surface area contributed by atoms with Crippen LogP contribution >= 0.6 is 0 Å². The van der Waals surface area contributed by atoms with E-state index in [-0.39, 0.29) is 0 Å². The molecule has 0 aromatic heterocycles. The quantitative estimate of drug-likeness (QED) is 0.210. The maximum atomic E-state index is 10.6. The summed E-state index contributed by atoms with van der Waals surface area (Å²) in [5.74, 6) is -0.922. The van der Waals surface area contributed by atoms with Crippen LogP contribution in [0.2, 0.25) is 0 Å². The van der Waals surface area contributed by atoms with Gasteiger partial charge in [-0.15, -0.1) is 0 Å². The molecule has 1 aromatic rings. The van der Waals surface area contributed by atoms with E-state index in [2.05, 4.69) is 55.5 Å². The second-order valence-electron chi connectivity index (χ2n) is 7.42. The molecule has 1 aromatic carbocycles. The minimum absolute atomic E-state index is 0.714. The fraction of sp³-hybridized carbons (Fsp3) is 0.370.